The van der Waals surface area contributed by atoms with Crippen LogP contribution < -0.4 is 4.72 Å². The minimum Gasteiger partial charge on any atom is -0.207 e. The van der Waals surface area contributed by atoms with E-state index in [0.29, 0.717) is 4.90 Å². The van der Waals surface area contributed by atoms with E-state index in [9.17, 15) is 8.42 Å². The lowest BCUT2D eigenvalue weighted by Crippen LogP contribution is -2.25. The van der Waals surface area contributed by atoms with E-state index < -0.39 is 10.0 Å². The fourth-order valence-corrected chi connectivity index (χ4v) is 3.17. The van der Waals surface area contributed by atoms with E-state index in [0.717, 1.165) is 22.3 Å². The fourth-order valence-electron chi connectivity index (χ4n) is 2.17. The van der Waals surface area contributed by atoms with Gasteiger partial charge < -0.3 is 0 Å². The quantitative estimate of drug-likeness (QED) is 0.913. The summed E-state index contributed by atoms with van der Waals surface area (Å²) in [5, 5.41) is 0. The second-order valence-corrected chi connectivity index (χ2v) is 7.25. The smallest absolute Gasteiger partial charge is 0.207 e. The molecule has 0 amide bonds. The molecule has 2 aromatic carbocycles. The van der Waals surface area contributed by atoms with E-state index in [1.807, 2.05) is 51.1 Å². The van der Waals surface area contributed by atoms with Gasteiger partial charge in [-0.3, -0.25) is 0 Å². The first-order valence-electron chi connectivity index (χ1n) is 7.18. The lowest BCUT2D eigenvalue weighted by molar-refractivity contribution is 0.586. The van der Waals surface area contributed by atoms with Crippen LogP contribution in [0.15, 0.2) is 65.1 Å². The molecule has 116 valence electrons. The van der Waals surface area contributed by atoms with E-state index >= 15 is 0 Å². The Balaban J connectivity index is 2.20. The molecule has 0 fully saturated rings. The molecule has 0 spiro atoms. The van der Waals surface area contributed by atoms with Crippen LogP contribution in [-0.4, -0.2) is 15.0 Å². The van der Waals surface area contributed by atoms with Crippen molar-refractivity contribution in [3.8, 4) is 0 Å². The number of rotatable bonds is 5. The molecule has 1 N–H and O–H groups in total. The van der Waals surface area contributed by atoms with Crippen LogP contribution in [0.25, 0.3) is 5.57 Å². The van der Waals surface area contributed by atoms with Crippen molar-refractivity contribution in [3.05, 3.63) is 71.3 Å². The molecule has 0 aromatic heterocycles. The molecular weight excluding hydrogens is 294 g/mol. The van der Waals surface area contributed by atoms with E-state index in [1.165, 1.54) is 0 Å². The molecule has 0 bridgehead atoms. The molecule has 3 nitrogen and oxygen atoms in total. The topological polar surface area (TPSA) is 46.2 Å². The van der Waals surface area contributed by atoms with E-state index in [2.05, 4.69) is 4.72 Å². The zero-order valence-corrected chi connectivity index (χ0v) is 13.9. The van der Waals surface area contributed by atoms with Crippen LogP contribution in [0, 0.1) is 6.92 Å². The van der Waals surface area contributed by atoms with Crippen LogP contribution in [0.4, 0.5) is 0 Å². The highest BCUT2D eigenvalue weighted by molar-refractivity contribution is 7.89. The number of benzene rings is 2. The first-order chi connectivity index (χ1) is 10.4. The van der Waals surface area contributed by atoms with Gasteiger partial charge in [-0.15, -0.1) is 0 Å². The van der Waals surface area contributed by atoms with Gasteiger partial charge in [0.05, 0.1) is 4.90 Å². The Morgan fingerprint density at radius 2 is 1.55 bits per heavy atom. The van der Waals surface area contributed by atoms with E-state index in [-0.39, 0.29) is 6.54 Å². The summed E-state index contributed by atoms with van der Waals surface area (Å²) in [6.07, 6.45) is 0. The zero-order chi connectivity index (χ0) is 16.2. The standard InChI is InChI=1S/C18H21NO2S/c1-14(2)18(16-7-5-4-6-8-16)13-19-22(20,21)17-11-9-15(3)10-12-17/h4-12,19H,13H2,1-3H3. The number of aryl methyl sites for hydroxylation is 1. The zero-order valence-electron chi connectivity index (χ0n) is 13.1. The van der Waals surface area contributed by atoms with Crippen molar-refractivity contribution in [2.45, 2.75) is 25.7 Å². The minimum absolute atomic E-state index is 0.280. The van der Waals surface area contributed by atoms with Crippen molar-refractivity contribution in [1.82, 2.24) is 4.72 Å². The molecule has 0 saturated carbocycles. The van der Waals surface area contributed by atoms with E-state index in [4.69, 9.17) is 0 Å². The van der Waals surface area contributed by atoms with Crippen molar-refractivity contribution < 1.29 is 8.42 Å². The first kappa shape index (κ1) is 16.5. The van der Waals surface area contributed by atoms with Gasteiger partial charge in [0.25, 0.3) is 0 Å². The SMILES string of the molecule is CC(C)=C(CNS(=O)(=O)c1ccc(C)cc1)c1ccccc1. The van der Waals surface area contributed by atoms with Crippen molar-refractivity contribution >= 4 is 15.6 Å². The molecule has 0 unspecified atom stereocenters. The predicted octanol–water partition coefficient (Wildman–Crippen LogP) is 3.77. The summed E-state index contributed by atoms with van der Waals surface area (Å²) in [7, 11) is -3.50. The Labute approximate surface area is 132 Å². The van der Waals surface area contributed by atoms with Crippen LogP contribution in [0.5, 0.6) is 0 Å². The third-order valence-electron chi connectivity index (χ3n) is 3.50. The molecule has 0 heterocycles. The Morgan fingerprint density at radius 3 is 2.09 bits per heavy atom. The summed E-state index contributed by atoms with van der Waals surface area (Å²) >= 11 is 0. The third kappa shape index (κ3) is 4.06. The van der Waals surface area contributed by atoms with Crippen LogP contribution in [0.3, 0.4) is 0 Å². The molecule has 0 aliphatic carbocycles. The minimum atomic E-state index is -3.50. The maximum absolute atomic E-state index is 12.4. The molecular formula is C18H21NO2S. The van der Waals surface area contributed by atoms with Crippen LogP contribution in [0.2, 0.25) is 0 Å². The lowest BCUT2D eigenvalue weighted by Gasteiger charge is -2.12. The number of allylic oxidation sites excluding steroid dienone is 1. The average molecular weight is 315 g/mol. The van der Waals surface area contributed by atoms with Crippen molar-refractivity contribution in [2.24, 2.45) is 0 Å². The second-order valence-electron chi connectivity index (χ2n) is 5.48. The van der Waals surface area contributed by atoms with Gasteiger partial charge in [0.15, 0.2) is 0 Å². The summed E-state index contributed by atoms with van der Waals surface area (Å²) in [4.78, 5) is 0.291. The Hall–Kier alpha value is -1.91. The second kappa shape index (κ2) is 6.90. The van der Waals surface area contributed by atoms with Gasteiger partial charge in [0.2, 0.25) is 10.0 Å². The average Bonchev–Trinajstić information content (AvgIpc) is 2.48. The first-order valence-corrected chi connectivity index (χ1v) is 8.66. The van der Waals surface area contributed by atoms with Crippen molar-refractivity contribution in [2.75, 3.05) is 6.54 Å². The van der Waals surface area contributed by atoms with Gasteiger partial charge in [-0.1, -0.05) is 53.6 Å². The third-order valence-corrected chi connectivity index (χ3v) is 4.91. The van der Waals surface area contributed by atoms with Gasteiger partial charge in [-0.2, -0.15) is 0 Å². The monoisotopic (exact) mass is 315 g/mol. The molecule has 0 radical (unpaired) electrons. The fraction of sp³-hybridized carbons (Fsp3) is 0.222. The Kier molecular flexibility index (Phi) is 5.16. The van der Waals surface area contributed by atoms with Gasteiger partial charge >= 0.3 is 0 Å². The van der Waals surface area contributed by atoms with Gasteiger partial charge in [0.1, 0.15) is 0 Å². The van der Waals surface area contributed by atoms with Crippen molar-refractivity contribution in [3.63, 3.8) is 0 Å². The molecule has 0 atom stereocenters. The molecule has 4 heteroatoms. The highest BCUT2D eigenvalue weighted by Crippen LogP contribution is 2.18. The lowest BCUT2D eigenvalue weighted by atomic mass is 10.0. The Morgan fingerprint density at radius 1 is 0.955 bits per heavy atom. The Bertz CT molecular complexity index is 756. The molecule has 0 aliphatic heterocycles. The molecule has 22 heavy (non-hydrogen) atoms. The number of sulfonamides is 1. The van der Waals surface area contributed by atoms with Crippen LogP contribution >= 0.6 is 0 Å². The van der Waals surface area contributed by atoms with Crippen LogP contribution in [0.1, 0.15) is 25.0 Å². The number of nitrogens with one attached hydrogen (secondary N) is 1. The van der Waals surface area contributed by atoms with Crippen LogP contribution in [-0.2, 0) is 10.0 Å². The maximum atomic E-state index is 12.4. The molecule has 2 rings (SSSR count). The van der Waals surface area contributed by atoms with E-state index in [1.54, 1.807) is 24.3 Å². The maximum Gasteiger partial charge on any atom is 0.240 e. The molecule has 0 aliphatic rings. The number of hydrogen-bond donors (Lipinski definition) is 1. The summed E-state index contributed by atoms with van der Waals surface area (Å²) in [5.41, 5.74) is 4.16. The number of hydrogen-bond acceptors (Lipinski definition) is 2. The van der Waals surface area contributed by atoms with Gasteiger partial charge in [-0.05, 0) is 44.0 Å². The van der Waals surface area contributed by atoms with Gasteiger partial charge in [-0.25, -0.2) is 13.1 Å². The highest BCUT2D eigenvalue weighted by Gasteiger charge is 2.14. The summed E-state index contributed by atoms with van der Waals surface area (Å²) in [5.74, 6) is 0. The van der Waals surface area contributed by atoms with Gasteiger partial charge in [0, 0.05) is 6.54 Å². The summed E-state index contributed by atoms with van der Waals surface area (Å²) in [6, 6.07) is 16.7. The highest BCUT2D eigenvalue weighted by atomic mass is 32.2. The summed E-state index contributed by atoms with van der Waals surface area (Å²) in [6.45, 7) is 6.19. The predicted molar refractivity (Wildman–Crippen MR) is 91.1 cm³/mol. The summed E-state index contributed by atoms with van der Waals surface area (Å²) < 4.78 is 27.4. The molecule has 2 aromatic rings. The molecule has 0 saturated heterocycles. The normalized spacial score (nSPS) is 11.2. The van der Waals surface area contributed by atoms with Crippen molar-refractivity contribution in [1.29, 1.82) is 0 Å². The largest absolute Gasteiger partial charge is 0.240 e.